The number of hydrogen-bond donors (Lipinski definition) is 1. The molecule has 1 aromatic heterocycles. The highest BCUT2D eigenvalue weighted by Gasteiger charge is 2.09. The minimum atomic E-state index is -3.37. The number of nitrogens with zero attached hydrogens (tertiary/aromatic N) is 2. The molecule has 0 unspecified atom stereocenters. The molecule has 0 aromatic carbocycles. The number of sulfonamides is 1. The van der Waals surface area contributed by atoms with Crippen molar-refractivity contribution in [3.8, 4) is 0 Å². The van der Waals surface area contributed by atoms with Gasteiger partial charge in [-0.1, -0.05) is 0 Å². The highest BCUT2D eigenvalue weighted by Crippen LogP contribution is 2.01. The van der Waals surface area contributed by atoms with Gasteiger partial charge in [-0.15, -0.1) is 0 Å². The summed E-state index contributed by atoms with van der Waals surface area (Å²) >= 11 is 0. The summed E-state index contributed by atoms with van der Waals surface area (Å²) in [6, 6.07) is 0. The van der Waals surface area contributed by atoms with Gasteiger partial charge in [0.2, 0.25) is 10.0 Å². The van der Waals surface area contributed by atoms with E-state index in [4.69, 9.17) is 0 Å². The predicted molar refractivity (Wildman–Crippen MR) is 38.3 cm³/mol. The maximum Gasteiger partial charge on any atom is 0.243 e. The van der Waals surface area contributed by atoms with Crippen LogP contribution in [0.15, 0.2) is 23.6 Å². The van der Waals surface area contributed by atoms with E-state index in [1.165, 1.54) is 25.8 Å². The zero-order valence-corrected chi connectivity index (χ0v) is 6.67. The molecule has 1 aromatic rings. The van der Waals surface area contributed by atoms with Crippen LogP contribution in [0.25, 0.3) is 0 Å². The molecular formula is C5H7N3O2S. The van der Waals surface area contributed by atoms with Gasteiger partial charge in [0.05, 0.1) is 12.4 Å². The third-order valence-corrected chi connectivity index (χ3v) is 2.48. The molecule has 0 spiro atoms. The summed E-state index contributed by atoms with van der Waals surface area (Å²) < 4.78 is 24.2. The Bertz CT molecular complexity index is 321. The van der Waals surface area contributed by atoms with Gasteiger partial charge < -0.3 is 0 Å². The summed E-state index contributed by atoms with van der Waals surface area (Å²) in [6.45, 7) is 0. The van der Waals surface area contributed by atoms with Crippen LogP contribution in [-0.2, 0) is 10.0 Å². The molecule has 0 atom stereocenters. The summed E-state index contributed by atoms with van der Waals surface area (Å²) in [5, 5.41) is 0. The van der Waals surface area contributed by atoms with Gasteiger partial charge >= 0.3 is 0 Å². The van der Waals surface area contributed by atoms with E-state index in [2.05, 4.69) is 14.7 Å². The fourth-order valence-electron chi connectivity index (χ4n) is 0.542. The molecule has 0 fully saturated rings. The molecule has 1 heterocycles. The maximum atomic E-state index is 11.0. The normalized spacial score (nSPS) is 11.4. The monoisotopic (exact) mass is 173 g/mol. The van der Waals surface area contributed by atoms with Crippen molar-refractivity contribution in [1.29, 1.82) is 0 Å². The Morgan fingerprint density at radius 2 is 1.91 bits per heavy atom. The molecule has 60 valence electrons. The Kier molecular flexibility index (Phi) is 2.16. The first-order valence-corrected chi connectivity index (χ1v) is 4.33. The van der Waals surface area contributed by atoms with Gasteiger partial charge in [0.1, 0.15) is 11.2 Å². The average Bonchev–Trinajstić information content (AvgIpc) is 2.06. The Hall–Kier alpha value is -1.01. The van der Waals surface area contributed by atoms with Crippen molar-refractivity contribution in [2.45, 2.75) is 4.90 Å². The van der Waals surface area contributed by atoms with E-state index >= 15 is 0 Å². The van der Waals surface area contributed by atoms with Crippen LogP contribution in [-0.4, -0.2) is 25.4 Å². The Morgan fingerprint density at radius 1 is 1.36 bits per heavy atom. The van der Waals surface area contributed by atoms with Crippen LogP contribution in [0.3, 0.4) is 0 Å². The van der Waals surface area contributed by atoms with Crippen molar-refractivity contribution >= 4 is 10.0 Å². The maximum absolute atomic E-state index is 11.0. The molecule has 0 aliphatic rings. The van der Waals surface area contributed by atoms with Crippen LogP contribution in [0, 0.1) is 0 Å². The van der Waals surface area contributed by atoms with Gasteiger partial charge in [-0.2, -0.15) is 0 Å². The van der Waals surface area contributed by atoms with E-state index in [1.807, 2.05) is 0 Å². The lowest BCUT2D eigenvalue weighted by Crippen LogP contribution is -2.18. The van der Waals surface area contributed by atoms with Crippen molar-refractivity contribution < 1.29 is 8.42 Å². The highest BCUT2D eigenvalue weighted by atomic mass is 32.2. The molecule has 0 saturated carbocycles. The minimum Gasteiger partial charge on any atom is -0.243 e. The van der Waals surface area contributed by atoms with Crippen molar-refractivity contribution in [1.82, 2.24) is 14.7 Å². The van der Waals surface area contributed by atoms with Gasteiger partial charge in [0, 0.05) is 0 Å². The second-order valence-electron chi connectivity index (χ2n) is 1.78. The molecule has 0 saturated heterocycles. The van der Waals surface area contributed by atoms with Crippen molar-refractivity contribution in [2.24, 2.45) is 0 Å². The lowest BCUT2D eigenvalue weighted by Gasteiger charge is -1.98. The Morgan fingerprint density at radius 3 is 2.36 bits per heavy atom. The number of aromatic nitrogens is 2. The van der Waals surface area contributed by atoms with E-state index in [9.17, 15) is 8.42 Å². The predicted octanol–water partition coefficient (Wildman–Crippen LogP) is -0.615. The van der Waals surface area contributed by atoms with E-state index < -0.39 is 10.0 Å². The number of hydrogen-bond acceptors (Lipinski definition) is 4. The standard InChI is InChI=1S/C5H7N3O2S/c1-6-11(9,10)5-2-7-4-8-3-5/h2-4,6H,1H3. The largest absolute Gasteiger partial charge is 0.243 e. The van der Waals surface area contributed by atoms with Crippen molar-refractivity contribution in [3.63, 3.8) is 0 Å². The van der Waals surface area contributed by atoms with Crippen molar-refractivity contribution in [2.75, 3.05) is 7.05 Å². The molecular weight excluding hydrogens is 166 g/mol. The zero-order valence-electron chi connectivity index (χ0n) is 5.85. The van der Waals surface area contributed by atoms with Crippen LogP contribution in [0.2, 0.25) is 0 Å². The summed E-state index contributed by atoms with van der Waals surface area (Å²) in [7, 11) is -2.04. The lowest BCUT2D eigenvalue weighted by atomic mass is 10.7. The molecule has 0 radical (unpaired) electrons. The summed E-state index contributed by atoms with van der Waals surface area (Å²) in [6.07, 6.45) is 3.74. The second-order valence-corrected chi connectivity index (χ2v) is 3.67. The average molecular weight is 173 g/mol. The fourth-order valence-corrected chi connectivity index (χ4v) is 1.18. The van der Waals surface area contributed by atoms with Crippen LogP contribution in [0.4, 0.5) is 0 Å². The summed E-state index contributed by atoms with van der Waals surface area (Å²) in [5.41, 5.74) is 0. The van der Waals surface area contributed by atoms with Crippen molar-refractivity contribution in [3.05, 3.63) is 18.7 Å². The summed E-state index contributed by atoms with van der Waals surface area (Å²) in [4.78, 5) is 7.21. The van der Waals surface area contributed by atoms with Crippen LogP contribution < -0.4 is 4.72 Å². The SMILES string of the molecule is CNS(=O)(=O)c1cncnc1. The molecule has 1 rings (SSSR count). The van der Waals surface area contributed by atoms with Gasteiger partial charge in [-0.25, -0.2) is 23.1 Å². The molecule has 0 amide bonds. The zero-order chi connectivity index (χ0) is 8.32. The molecule has 0 aliphatic carbocycles. The van der Waals surface area contributed by atoms with Gasteiger partial charge in [-0.3, -0.25) is 0 Å². The first-order chi connectivity index (χ1) is 5.17. The topological polar surface area (TPSA) is 72.0 Å². The highest BCUT2D eigenvalue weighted by molar-refractivity contribution is 7.89. The summed E-state index contributed by atoms with van der Waals surface area (Å²) in [5.74, 6) is 0. The van der Waals surface area contributed by atoms with Crippen LogP contribution in [0.5, 0.6) is 0 Å². The van der Waals surface area contributed by atoms with Gasteiger partial charge in [-0.05, 0) is 7.05 Å². The third-order valence-electron chi connectivity index (χ3n) is 1.12. The van der Waals surface area contributed by atoms with E-state index in [1.54, 1.807) is 0 Å². The Balaban J connectivity index is 3.14. The van der Waals surface area contributed by atoms with Gasteiger partial charge in [0.15, 0.2) is 0 Å². The lowest BCUT2D eigenvalue weighted by molar-refractivity contribution is 0.587. The first-order valence-electron chi connectivity index (χ1n) is 2.85. The second kappa shape index (κ2) is 2.93. The molecule has 11 heavy (non-hydrogen) atoms. The van der Waals surface area contributed by atoms with E-state index in [0.29, 0.717) is 0 Å². The smallest absolute Gasteiger partial charge is 0.243 e. The van der Waals surface area contributed by atoms with E-state index in [-0.39, 0.29) is 4.90 Å². The quantitative estimate of drug-likeness (QED) is 0.647. The van der Waals surface area contributed by atoms with E-state index in [0.717, 1.165) is 0 Å². The minimum absolute atomic E-state index is 0.0718. The molecule has 0 aliphatic heterocycles. The van der Waals surface area contributed by atoms with Gasteiger partial charge in [0.25, 0.3) is 0 Å². The fraction of sp³-hybridized carbons (Fsp3) is 0.200. The molecule has 0 bridgehead atoms. The van der Waals surface area contributed by atoms with Crippen LogP contribution >= 0.6 is 0 Å². The Labute approximate surface area is 64.5 Å². The number of rotatable bonds is 2. The van der Waals surface area contributed by atoms with Crippen LogP contribution in [0.1, 0.15) is 0 Å². The number of nitrogens with one attached hydrogen (secondary N) is 1. The third kappa shape index (κ3) is 1.72. The first kappa shape index (κ1) is 8.09. The molecule has 1 N–H and O–H groups in total. The molecule has 6 heteroatoms. The molecule has 5 nitrogen and oxygen atoms in total.